The molecule has 37 heavy (non-hydrogen) atoms. The Balaban J connectivity index is 1.57. The Hall–Kier alpha value is -3.72. The Labute approximate surface area is 217 Å². The predicted octanol–water partition coefficient (Wildman–Crippen LogP) is 6.51. The fourth-order valence-corrected chi connectivity index (χ4v) is 6.77. The van der Waals surface area contributed by atoms with E-state index in [9.17, 15) is 9.18 Å². The molecule has 3 atom stereocenters. The number of hydrogen-bond acceptors (Lipinski definition) is 3. The molecule has 2 aromatic carbocycles. The molecular formula is C31H31FN4O. The molecule has 1 fully saturated rings. The monoisotopic (exact) mass is 494 g/mol. The lowest BCUT2D eigenvalue weighted by Crippen LogP contribution is -2.45. The largest absolute Gasteiger partial charge is 0.372 e. The van der Waals surface area contributed by atoms with Gasteiger partial charge in [-0.2, -0.15) is 0 Å². The molecular weight excluding hydrogens is 463 g/mol. The smallest absolute Gasteiger partial charge is 0.226 e. The third-order valence-corrected chi connectivity index (χ3v) is 8.66. The van der Waals surface area contributed by atoms with Crippen LogP contribution < -0.4 is 4.90 Å². The van der Waals surface area contributed by atoms with Gasteiger partial charge in [-0.15, -0.1) is 0 Å². The van der Waals surface area contributed by atoms with Crippen molar-refractivity contribution in [3.8, 4) is 17.1 Å². The molecule has 1 aliphatic heterocycles. The number of aromatic nitrogens is 2. The molecule has 1 aromatic heterocycles. The Bertz CT molecular complexity index is 1460. The minimum Gasteiger partial charge on any atom is -0.372 e. The van der Waals surface area contributed by atoms with Gasteiger partial charge in [0.25, 0.3) is 0 Å². The van der Waals surface area contributed by atoms with Crippen LogP contribution in [0.4, 0.5) is 10.1 Å². The van der Waals surface area contributed by atoms with Gasteiger partial charge in [0, 0.05) is 41.4 Å². The number of carbonyl (C=O) groups is 1. The molecule has 6 heteroatoms. The second kappa shape index (κ2) is 8.99. The quantitative estimate of drug-likeness (QED) is 0.390. The Morgan fingerprint density at radius 1 is 1.08 bits per heavy atom. The standard InChI is InChI=1S/C31H31FN4O/c1-20-25-13-14-27-29(31(25,2)19-26(33-3)28(20)37)34-30(36(27)24-12-8-10-22(32)18-24)21-9-7-11-23(17-21)35-15-5-4-6-16-35/h7-12,17-20,25H,4-6,13-16H2,1-2H3/t20-,25-,31-/m1/s1. The summed E-state index contributed by atoms with van der Waals surface area (Å²) in [6.07, 6.45) is 7.07. The third-order valence-electron chi connectivity index (χ3n) is 8.66. The summed E-state index contributed by atoms with van der Waals surface area (Å²) in [6.45, 7) is 13.8. The van der Waals surface area contributed by atoms with E-state index in [1.165, 1.54) is 31.0 Å². The highest BCUT2D eigenvalue weighted by Crippen LogP contribution is 2.51. The van der Waals surface area contributed by atoms with E-state index in [0.29, 0.717) is 0 Å². The number of nitrogens with zero attached hydrogens (tertiary/aromatic N) is 4. The number of halogens is 1. The average Bonchev–Trinajstić information content (AvgIpc) is 3.32. The number of rotatable bonds is 3. The molecule has 0 N–H and O–H groups in total. The summed E-state index contributed by atoms with van der Waals surface area (Å²) in [4.78, 5) is 24.1. The van der Waals surface area contributed by atoms with Crippen LogP contribution in [0.25, 0.3) is 21.9 Å². The van der Waals surface area contributed by atoms with Crippen LogP contribution in [-0.4, -0.2) is 28.4 Å². The molecule has 0 bridgehead atoms. The van der Waals surface area contributed by atoms with Crippen LogP contribution in [0.3, 0.4) is 0 Å². The zero-order valence-corrected chi connectivity index (χ0v) is 21.4. The molecule has 2 heterocycles. The van der Waals surface area contributed by atoms with E-state index in [1.807, 2.05) is 19.1 Å². The summed E-state index contributed by atoms with van der Waals surface area (Å²) >= 11 is 0. The van der Waals surface area contributed by atoms with Crippen molar-refractivity contribution in [3.63, 3.8) is 0 Å². The normalized spacial score (nSPS) is 25.2. The average molecular weight is 495 g/mol. The molecule has 0 radical (unpaired) electrons. The molecule has 1 saturated heterocycles. The van der Waals surface area contributed by atoms with Crippen molar-refractivity contribution in [2.45, 2.75) is 51.4 Å². The van der Waals surface area contributed by atoms with Crippen molar-refractivity contribution in [3.05, 3.63) is 88.9 Å². The predicted molar refractivity (Wildman–Crippen MR) is 143 cm³/mol. The summed E-state index contributed by atoms with van der Waals surface area (Å²) in [7, 11) is 0. The molecule has 2 aliphatic carbocycles. The summed E-state index contributed by atoms with van der Waals surface area (Å²) in [5, 5.41) is 0. The number of fused-ring (bicyclic) bond motifs is 3. The molecule has 5 nitrogen and oxygen atoms in total. The second-order valence-corrected chi connectivity index (χ2v) is 10.9. The second-order valence-electron chi connectivity index (χ2n) is 10.9. The van der Waals surface area contributed by atoms with Gasteiger partial charge >= 0.3 is 0 Å². The van der Waals surface area contributed by atoms with Crippen LogP contribution in [0, 0.1) is 24.2 Å². The topological polar surface area (TPSA) is 42.5 Å². The van der Waals surface area contributed by atoms with E-state index in [2.05, 4.69) is 45.5 Å². The first-order valence-electron chi connectivity index (χ1n) is 13.3. The fraction of sp³-hybridized carbons (Fsp3) is 0.387. The molecule has 0 spiro atoms. The van der Waals surface area contributed by atoms with E-state index in [1.54, 1.807) is 12.1 Å². The lowest BCUT2D eigenvalue weighted by atomic mass is 9.59. The zero-order chi connectivity index (χ0) is 25.7. The van der Waals surface area contributed by atoms with Gasteiger partial charge in [0.05, 0.1) is 18.0 Å². The number of imidazole rings is 1. The van der Waals surface area contributed by atoms with Gasteiger partial charge in [0.1, 0.15) is 11.6 Å². The first-order valence-corrected chi connectivity index (χ1v) is 13.3. The Kier molecular flexibility index (Phi) is 5.75. The molecule has 6 rings (SSSR count). The first-order chi connectivity index (χ1) is 17.9. The van der Waals surface area contributed by atoms with Gasteiger partial charge in [-0.3, -0.25) is 4.57 Å². The SMILES string of the molecule is [C-]#[N+]C1=C[C@@]2(C)c3nc(-c4cccc(N5CCCCC5)c4)n(-c4cccc(F)c4)c3CC[C@@H]2[C@@H](C)C1=O. The van der Waals surface area contributed by atoms with Crippen LogP contribution in [0.2, 0.25) is 0 Å². The summed E-state index contributed by atoms with van der Waals surface area (Å²) in [5.74, 6) is 0.248. The van der Waals surface area contributed by atoms with Crippen molar-refractivity contribution < 1.29 is 9.18 Å². The van der Waals surface area contributed by atoms with Crippen LogP contribution >= 0.6 is 0 Å². The van der Waals surface area contributed by atoms with E-state index in [4.69, 9.17) is 11.6 Å². The number of anilines is 1. The highest BCUT2D eigenvalue weighted by molar-refractivity contribution is 6.00. The number of ketones is 1. The molecule has 188 valence electrons. The highest BCUT2D eigenvalue weighted by Gasteiger charge is 2.50. The van der Waals surface area contributed by atoms with Crippen molar-refractivity contribution >= 4 is 11.5 Å². The lowest BCUT2D eigenvalue weighted by molar-refractivity contribution is -0.121. The summed E-state index contributed by atoms with van der Waals surface area (Å²) in [5.41, 5.74) is 4.49. The van der Waals surface area contributed by atoms with E-state index < -0.39 is 5.41 Å². The van der Waals surface area contributed by atoms with Crippen LogP contribution in [0.5, 0.6) is 0 Å². The van der Waals surface area contributed by atoms with E-state index in [-0.39, 0.29) is 29.1 Å². The number of benzene rings is 2. The number of piperidine rings is 1. The van der Waals surface area contributed by atoms with Gasteiger partial charge < -0.3 is 9.69 Å². The zero-order valence-electron chi connectivity index (χ0n) is 21.4. The van der Waals surface area contributed by atoms with Crippen LogP contribution in [-0.2, 0) is 16.6 Å². The maximum atomic E-state index is 14.4. The highest BCUT2D eigenvalue weighted by atomic mass is 19.1. The van der Waals surface area contributed by atoms with Crippen LogP contribution in [0.1, 0.15) is 50.9 Å². The van der Waals surface area contributed by atoms with E-state index >= 15 is 0 Å². The first kappa shape index (κ1) is 23.7. The number of carbonyl (C=O) groups excluding carboxylic acids is 1. The molecule has 3 aliphatic rings. The number of hydrogen-bond donors (Lipinski definition) is 0. The molecule has 0 saturated carbocycles. The lowest BCUT2D eigenvalue weighted by Gasteiger charge is -2.44. The van der Waals surface area contributed by atoms with Gasteiger partial charge in [-0.05, 0) is 68.4 Å². The van der Waals surface area contributed by atoms with Crippen molar-refractivity contribution in [1.29, 1.82) is 0 Å². The minimum atomic E-state index is -0.543. The van der Waals surface area contributed by atoms with Gasteiger partial charge in [0.15, 0.2) is 5.78 Å². The van der Waals surface area contributed by atoms with Crippen molar-refractivity contribution in [2.75, 3.05) is 18.0 Å². The van der Waals surface area contributed by atoms with Crippen molar-refractivity contribution in [2.24, 2.45) is 11.8 Å². The maximum absolute atomic E-state index is 14.4. The Morgan fingerprint density at radius 3 is 2.59 bits per heavy atom. The van der Waals surface area contributed by atoms with Gasteiger partial charge in [-0.1, -0.05) is 38.1 Å². The third kappa shape index (κ3) is 3.80. The number of Topliss-reactive ketones (excluding diaryl/α,β-unsaturated/α-hetero) is 1. The molecule has 3 aromatic rings. The van der Waals surface area contributed by atoms with Crippen LogP contribution in [0.15, 0.2) is 60.3 Å². The van der Waals surface area contributed by atoms with Gasteiger partial charge in [0.2, 0.25) is 5.70 Å². The van der Waals surface area contributed by atoms with Gasteiger partial charge in [-0.25, -0.2) is 14.2 Å². The van der Waals surface area contributed by atoms with E-state index in [0.717, 1.165) is 54.4 Å². The summed E-state index contributed by atoms with van der Waals surface area (Å²) < 4.78 is 16.5. The Morgan fingerprint density at radius 2 is 1.84 bits per heavy atom. The molecule has 0 amide bonds. The maximum Gasteiger partial charge on any atom is 0.226 e. The minimum absolute atomic E-state index is 0.0695. The number of allylic oxidation sites excluding steroid dienone is 2. The fourth-order valence-electron chi connectivity index (χ4n) is 6.77. The van der Waals surface area contributed by atoms with Crippen molar-refractivity contribution in [1.82, 2.24) is 9.55 Å². The summed E-state index contributed by atoms with van der Waals surface area (Å²) in [6, 6.07) is 15.2. The molecule has 0 unspecified atom stereocenters.